The first kappa shape index (κ1) is 24.7. The fourth-order valence-corrected chi connectivity index (χ4v) is 5.80. The molecule has 0 saturated heterocycles. The van der Waals surface area contributed by atoms with Gasteiger partial charge in [0.05, 0.1) is 12.8 Å². The molecule has 0 fully saturated rings. The van der Waals surface area contributed by atoms with E-state index in [1.807, 2.05) is 24.3 Å². The molecule has 0 unspecified atom stereocenters. The standard InChI is InChI=1S/C27H27N5O4S/c1-18-6-4-7-22(19(18)2)20-9-11-25(36-3)24(16-20)32-23-13-15-31(17-21(23)10-12-27(32)33)37(34,35)30-26-8-5-14-28-29-26/h4-12,14,16H,13,15,17H2,1-3H3,(H,29,30). The maximum Gasteiger partial charge on any atom is 0.303 e. The number of ether oxygens (including phenoxy) is 1. The summed E-state index contributed by atoms with van der Waals surface area (Å²) in [6.07, 6.45) is 1.82. The molecule has 0 amide bonds. The summed E-state index contributed by atoms with van der Waals surface area (Å²) in [6.45, 7) is 4.46. The number of anilines is 1. The molecule has 0 atom stereocenters. The topological polar surface area (TPSA) is 106 Å². The molecule has 37 heavy (non-hydrogen) atoms. The molecule has 0 radical (unpaired) electrons. The third kappa shape index (κ3) is 4.73. The number of fused-ring (bicyclic) bond motifs is 1. The minimum absolute atomic E-state index is 0.115. The molecule has 0 bridgehead atoms. The zero-order valence-electron chi connectivity index (χ0n) is 20.8. The van der Waals surface area contributed by atoms with Crippen LogP contribution in [-0.4, -0.2) is 41.1 Å². The number of nitrogens with one attached hydrogen (secondary N) is 1. The first-order valence-electron chi connectivity index (χ1n) is 11.8. The molecule has 4 aromatic rings. The number of aromatic nitrogens is 3. The van der Waals surface area contributed by atoms with Gasteiger partial charge in [0.2, 0.25) is 0 Å². The first-order valence-corrected chi connectivity index (χ1v) is 13.3. The van der Waals surface area contributed by atoms with Crippen molar-refractivity contribution in [2.24, 2.45) is 0 Å². The zero-order valence-corrected chi connectivity index (χ0v) is 21.6. The summed E-state index contributed by atoms with van der Waals surface area (Å²) >= 11 is 0. The summed E-state index contributed by atoms with van der Waals surface area (Å²) in [6, 6.07) is 18.3. The van der Waals surface area contributed by atoms with Gasteiger partial charge in [0.25, 0.3) is 5.56 Å². The number of methoxy groups -OCH3 is 1. The number of pyridine rings is 1. The van der Waals surface area contributed by atoms with Gasteiger partial charge in [-0.25, -0.2) is 0 Å². The Balaban J connectivity index is 1.55. The minimum atomic E-state index is -3.86. The minimum Gasteiger partial charge on any atom is -0.495 e. The van der Waals surface area contributed by atoms with E-state index in [0.717, 1.165) is 27.9 Å². The number of hydrogen-bond acceptors (Lipinski definition) is 6. The summed E-state index contributed by atoms with van der Waals surface area (Å²) in [5.74, 6) is 0.704. The highest BCUT2D eigenvalue weighted by Gasteiger charge is 2.29. The summed E-state index contributed by atoms with van der Waals surface area (Å²) in [5, 5.41) is 7.52. The van der Waals surface area contributed by atoms with Crippen LogP contribution < -0.4 is 15.0 Å². The molecule has 1 aliphatic heterocycles. The van der Waals surface area contributed by atoms with Gasteiger partial charge in [-0.2, -0.15) is 17.8 Å². The molecule has 190 valence electrons. The number of nitrogens with zero attached hydrogens (tertiary/aromatic N) is 4. The van der Waals surface area contributed by atoms with Crippen LogP contribution in [0.3, 0.4) is 0 Å². The van der Waals surface area contributed by atoms with E-state index in [2.05, 4.69) is 40.9 Å². The molecule has 1 N–H and O–H groups in total. The van der Waals surface area contributed by atoms with Crippen molar-refractivity contribution >= 4 is 16.0 Å². The van der Waals surface area contributed by atoms with Gasteiger partial charge in [-0.1, -0.05) is 30.3 Å². The number of rotatable bonds is 6. The predicted molar refractivity (Wildman–Crippen MR) is 142 cm³/mol. The van der Waals surface area contributed by atoms with E-state index in [1.165, 1.54) is 28.2 Å². The molecular formula is C27H27N5O4S. The van der Waals surface area contributed by atoms with Crippen molar-refractivity contribution in [3.8, 4) is 22.6 Å². The predicted octanol–water partition coefficient (Wildman–Crippen LogP) is 3.63. The lowest BCUT2D eigenvalue weighted by atomic mass is 9.96. The smallest absolute Gasteiger partial charge is 0.303 e. The highest BCUT2D eigenvalue weighted by atomic mass is 32.2. The van der Waals surface area contributed by atoms with E-state index in [9.17, 15) is 13.2 Å². The van der Waals surface area contributed by atoms with Crippen molar-refractivity contribution in [1.29, 1.82) is 0 Å². The summed E-state index contributed by atoms with van der Waals surface area (Å²) in [4.78, 5) is 13.2. The van der Waals surface area contributed by atoms with Crippen LogP contribution in [0.2, 0.25) is 0 Å². The van der Waals surface area contributed by atoms with Crippen molar-refractivity contribution < 1.29 is 13.2 Å². The van der Waals surface area contributed by atoms with Gasteiger partial charge in [0, 0.05) is 37.5 Å². The Kier molecular flexibility index (Phi) is 6.53. The van der Waals surface area contributed by atoms with E-state index >= 15 is 0 Å². The van der Waals surface area contributed by atoms with Crippen LogP contribution in [0.15, 0.2) is 71.7 Å². The molecular weight excluding hydrogens is 490 g/mol. The van der Waals surface area contributed by atoms with Crippen molar-refractivity contribution in [2.45, 2.75) is 26.8 Å². The molecule has 9 nitrogen and oxygen atoms in total. The van der Waals surface area contributed by atoms with E-state index < -0.39 is 10.2 Å². The van der Waals surface area contributed by atoms with Crippen LogP contribution in [0, 0.1) is 13.8 Å². The Morgan fingerprint density at radius 1 is 1.03 bits per heavy atom. The molecule has 5 rings (SSSR count). The number of aryl methyl sites for hydroxylation is 1. The zero-order chi connectivity index (χ0) is 26.2. The second-order valence-corrected chi connectivity index (χ2v) is 10.6. The normalized spacial score (nSPS) is 13.7. The van der Waals surface area contributed by atoms with Gasteiger partial charge in [-0.15, -0.1) is 5.10 Å². The van der Waals surface area contributed by atoms with Gasteiger partial charge in [0.15, 0.2) is 5.82 Å². The monoisotopic (exact) mass is 517 g/mol. The first-order chi connectivity index (χ1) is 17.8. The van der Waals surface area contributed by atoms with Crippen LogP contribution in [0.4, 0.5) is 5.82 Å². The van der Waals surface area contributed by atoms with Crippen LogP contribution in [0.1, 0.15) is 22.4 Å². The molecule has 2 aromatic carbocycles. The number of hydrogen-bond donors (Lipinski definition) is 1. The molecule has 10 heteroatoms. The highest BCUT2D eigenvalue weighted by Crippen LogP contribution is 2.33. The maximum atomic E-state index is 13.2. The van der Waals surface area contributed by atoms with Gasteiger partial charge in [0.1, 0.15) is 5.75 Å². The van der Waals surface area contributed by atoms with Crippen molar-refractivity contribution in [1.82, 2.24) is 19.1 Å². The fraction of sp³-hybridized carbons (Fsp3) is 0.222. The van der Waals surface area contributed by atoms with Crippen LogP contribution in [-0.2, 0) is 23.2 Å². The summed E-state index contributed by atoms with van der Waals surface area (Å²) < 4.78 is 37.1. The van der Waals surface area contributed by atoms with Crippen molar-refractivity contribution in [3.05, 3.63) is 99.6 Å². The third-order valence-electron chi connectivity index (χ3n) is 6.71. The fourth-order valence-electron chi connectivity index (χ4n) is 4.65. The van der Waals surface area contributed by atoms with E-state index in [4.69, 9.17) is 4.74 Å². The van der Waals surface area contributed by atoms with Crippen molar-refractivity contribution in [2.75, 3.05) is 18.4 Å². The van der Waals surface area contributed by atoms with Gasteiger partial charge < -0.3 is 4.74 Å². The molecule has 1 aliphatic rings. The highest BCUT2D eigenvalue weighted by molar-refractivity contribution is 7.90. The van der Waals surface area contributed by atoms with E-state index in [1.54, 1.807) is 23.8 Å². The quantitative estimate of drug-likeness (QED) is 0.419. The Bertz CT molecular complexity index is 1630. The molecule has 0 aliphatic carbocycles. The third-order valence-corrected chi connectivity index (χ3v) is 8.17. The Morgan fingerprint density at radius 3 is 2.62 bits per heavy atom. The second-order valence-electron chi connectivity index (χ2n) is 8.91. The number of benzene rings is 2. The Labute approximate surface area is 215 Å². The summed E-state index contributed by atoms with van der Waals surface area (Å²) in [7, 11) is -2.29. The largest absolute Gasteiger partial charge is 0.495 e. The molecule has 3 heterocycles. The SMILES string of the molecule is COc1ccc(-c2cccc(C)c2C)cc1-n1c2c(ccc1=O)CN(S(=O)(=O)Nc1cccnn1)CC2. The van der Waals surface area contributed by atoms with Crippen molar-refractivity contribution in [3.63, 3.8) is 0 Å². The summed E-state index contributed by atoms with van der Waals surface area (Å²) in [5.41, 5.74) is 6.31. The molecule has 0 spiro atoms. The lowest BCUT2D eigenvalue weighted by molar-refractivity contribution is 0.385. The van der Waals surface area contributed by atoms with Crippen LogP contribution in [0.5, 0.6) is 5.75 Å². The lowest BCUT2D eigenvalue weighted by Crippen LogP contribution is -2.41. The molecule has 0 saturated carbocycles. The lowest BCUT2D eigenvalue weighted by Gasteiger charge is -2.30. The van der Waals surface area contributed by atoms with Crippen LogP contribution >= 0.6 is 0 Å². The van der Waals surface area contributed by atoms with E-state index in [0.29, 0.717) is 17.9 Å². The maximum absolute atomic E-state index is 13.2. The van der Waals surface area contributed by atoms with E-state index in [-0.39, 0.29) is 24.5 Å². The van der Waals surface area contributed by atoms with Gasteiger partial charge in [-0.05, 0) is 65.9 Å². The second kappa shape index (κ2) is 9.79. The average molecular weight is 518 g/mol. The molecule has 2 aromatic heterocycles. The Morgan fingerprint density at radius 2 is 1.86 bits per heavy atom. The van der Waals surface area contributed by atoms with Gasteiger partial charge in [-0.3, -0.25) is 14.1 Å². The average Bonchev–Trinajstić information content (AvgIpc) is 2.90. The Hall–Kier alpha value is -4.02. The van der Waals surface area contributed by atoms with Crippen LogP contribution in [0.25, 0.3) is 16.8 Å². The van der Waals surface area contributed by atoms with Gasteiger partial charge >= 0.3 is 10.2 Å².